The maximum atomic E-state index is 11.7. The molecule has 1 aliphatic heterocycles. The molecule has 5 nitrogen and oxygen atoms in total. The van der Waals surface area contributed by atoms with Crippen LogP contribution >= 0.6 is 0 Å². The fourth-order valence-electron chi connectivity index (χ4n) is 1.89. The molecular formula is C12H16N2O3. The summed E-state index contributed by atoms with van der Waals surface area (Å²) in [6.07, 6.45) is 0. The van der Waals surface area contributed by atoms with E-state index in [1.165, 1.54) is 6.92 Å². The molecule has 1 saturated heterocycles. The maximum absolute atomic E-state index is 11.7. The lowest BCUT2D eigenvalue weighted by atomic mass is 10.3. The van der Waals surface area contributed by atoms with E-state index in [1.807, 2.05) is 5.01 Å². The minimum atomic E-state index is -0.0439. The van der Waals surface area contributed by atoms with E-state index in [2.05, 4.69) is 0 Å². The van der Waals surface area contributed by atoms with Gasteiger partial charge in [0.2, 0.25) is 5.91 Å². The number of amides is 1. The van der Waals surface area contributed by atoms with Crippen molar-refractivity contribution >= 4 is 11.6 Å². The molecule has 1 amide bonds. The predicted molar refractivity (Wildman–Crippen MR) is 63.7 cm³/mol. The highest BCUT2D eigenvalue weighted by Gasteiger charge is 2.22. The number of phenolic OH excluding ortho intramolecular Hbond substituents is 1. The van der Waals surface area contributed by atoms with Crippen LogP contribution in [0.5, 0.6) is 5.75 Å². The normalized spacial score (nSPS) is 16.8. The first-order chi connectivity index (χ1) is 8.18. The molecule has 1 aromatic carbocycles. The lowest BCUT2D eigenvalue weighted by molar-refractivity contribution is -0.120. The number of morpholine rings is 1. The van der Waals surface area contributed by atoms with Crippen LogP contribution in [0.4, 0.5) is 5.69 Å². The van der Waals surface area contributed by atoms with Crippen LogP contribution in [-0.4, -0.2) is 42.3 Å². The van der Waals surface area contributed by atoms with Gasteiger partial charge in [0.1, 0.15) is 5.75 Å². The van der Waals surface area contributed by atoms with Gasteiger partial charge in [-0.3, -0.25) is 4.79 Å². The zero-order chi connectivity index (χ0) is 12.3. The van der Waals surface area contributed by atoms with Gasteiger partial charge in [0, 0.05) is 20.0 Å². The van der Waals surface area contributed by atoms with Crippen molar-refractivity contribution in [3.8, 4) is 5.75 Å². The summed E-state index contributed by atoms with van der Waals surface area (Å²) in [7, 11) is 0. The van der Waals surface area contributed by atoms with Crippen molar-refractivity contribution in [3.63, 3.8) is 0 Å². The van der Waals surface area contributed by atoms with Gasteiger partial charge in [-0.25, -0.2) is 10.0 Å². The van der Waals surface area contributed by atoms with Crippen LogP contribution in [0.25, 0.3) is 0 Å². The molecular weight excluding hydrogens is 220 g/mol. The molecule has 0 saturated carbocycles. The van der Waals surface area contributed by atoms with Crippen molar-refractivity contribution in [1.29, 1.82) is 0 Å². The summed E-state index contributed by atoms with van der Waals surface area (Å²) >= 11 is 0. The number of carbonyl (C=O) groups excluding carboxylic acids is 1. The molecule has 1 N–H and O–H groups in total. The van der Waals surface area contributed by atoms with Gasteiger partial charge in [0.15, 0.2) is 0 Å². The first kappa shape index (κ1) is 11.9. The monoisotopic (exact) mass is 236 g/mol. The number of carbonyl (C=O) groups is 1. The smallest absolute Gasteiger partial charge is 0.238 e. The van der Waals surface area contributed by atoms with Crippen LogP contribution in [0.15, 0.2) is 24.3 Å². The molecule has 0 atom stereocenters. The van der Waals surface area contributed by atoms with Crippen molar-refractivity contribution < 1.29 is 14.6 Å². The number of hydrogen-bond acceptors (Lipinski definition) is 4. The molecule has 1 heterocycles. The van der Waals surface area contributed by atoms with Gasteiger partial charge in [-0.15, -0.1) is 0 Å². The lowest BCUT2D eigenvalue weighted by Gasteiger charge is -2.36. The number of ether oxygens (including phenoxy) is 1. The molecule has 0 spiro atoms. The van der Waals surface area contributed by atoms with Crippen LogP contribution in [-0.2, 0) is 9.53 Å². The average Bonchev–Trinajstić information content (AvgIpc) is 2.33. The number of phenols is 1. The molecule has 0 aliphatic carbocycles. The van der Waals surface area contributed by atoms with Crippen LogP contribution < -0.4 is 5.01 Å². The van der Waals surface area contributed by atoms with Gasteiger partial charge >= 0.3 is 0 Å². The Morgan fingerprint density at radius 1 is 1.29 bits per heavy atom. The minimum Gasteiger partial charge on any atom is -0.508 e. The zero-order valence-electron chi connectivity index (χ0n) is 9.80. The maximum Gasteiger partial charge on any atom is 0.238 e. The van der Waals surface area contributed by atoms with Crippen molar-refractivity contribution in [2.24, 2.45) is 0 Å². The molecule has 1 aliphatic rings. The van der Waals surface area contributed by atoms with Crippen LogP contribution in [0.3, 0.4) is 0 Å². The second kappa shape index (κ2) is 5.16. The van der Waals surface area contributed by atoms with Crippen molar-refractivity contribution in [1.82, 2.24) is 5.01 Å². The van der Waals surface area contributed by atoms with E-state index in [9.17, 15) is 9.90 Å². The molecule has 2 rings (SSSR count). The number of anilines is 1. The Morgan fingerprint density at radius 3 is 2.41 bits per heavy atom. The summed E-state index contributed by atoms with van der Waals surface area (Å²) in [5, 5.41) is 12.8. The molecule has 17 heavy (non-hydrogen) atoms. The third-order valence-corrected chi connectivity index (χ3v) is 2.66. The number of aromatic hydroxyl groups is 1. The molecule has 5 heteroatoms. The Bertz CT molecular complexity index is 385. The quantitative estimate of drug-likeness (QED) is 0.832. The third kappa shape index (κ3) is 2.75. The molecule has 92 valence electrons. The van der Waals surface area contributed by atoms with Gasteiger partial charge in [0.25, 0.3) is 0 Å². The number of nitrogens with zero attached hydrogens (tertiary/aromatic N) is 2. The Hall–Kier alpha value is -1.59. The first-order valence-electron chi connectivity index (χ1n) is 5.61. The fraction of sp³-hybridized carbons (Fsp3) is 0.417. The summed E-state index contributed by atoms with van der Waals surface area (Å²) in [6.45, 7) is 4.17. The summed E-state index contributed by atoms with van der Waals surface area (Å²) in [5.74, 6) is 0.150. The molecule has 0 bridgehead atoms. The van der Waals surface area contributed by atoms with E-state index in [-0.39, 0.29) is 11.7 Å². The largest absolute Gasteiger partial charge is 0.508 e. The van der Waals surface area contributed by atoms with Gasteiger partial charge in [0.05, 0.1) is 18.9 Å². The second-order valence-electron chi connectivity index (χ2n) is 3.91. The lowest BCUT2D eigenvalue weighted by Crippen LogP contribution is -2.51. The molecule has 1 aromatic rings. The standard InChI is InChI=1S/C12H16N2O3/c1-10(15)14(13-6-8-17-9-7-13)11-2-4-12(16)5-3-11/h2-5,16H,6-9H2,1H3. The van der Waals surface area contributed by atoms with Crippen LogP contribution in [0.2, 0.25) is 0 Å². The van der Waals surface area contributed by atoms with Gasteiger partial charge < -0.3 is 9.84 Å². The van der Waals surface area contributed by atoms with Crippen LogP contribution in [0, 0.1) is 0 Å². The Kier molecular flexibility index (Phi) is 3.61. The summed E-state index contributed by atoms with van der Waals surface area (Å²) in [6, 6.07) is 6.61. The van der Waals surface area contributed by atoms with E-state index >= 15 is 0 Å². The summed E-state index contributed by atoms with van der Waals surface area (Å²) < 4.78 is 5.26. The van der Waals surface area contributed by atoms with Crippen molar-refractivity contribution in [2.45, 2.75) is 6.92 Å². The van der Waals surface area contributed by atoms with Crippen LogP contribution in [0.1, 0.15) is 6.92 Å². The van der Waals surface area contributed by atoms with Gasteiger partial charge in [-0.2, -0.15) is 0 Å². The molecule has 0 aromatic heterocycles. The molecule has 0 unspecified atom stereocenters. The number of benzene rings is 1. The summed E-state index contributed by atoms with van der Waals surface area (Å²) in [5.41, 5.74) is 0.761. The minimum absolute atomic E-state index is 0.0439. The topological polar surface area (TPSA) is 53.0 Å². The number of hydrazine groups is 1. The van der Waals surface area contributed by atoms with Crippen molar-refractivity contribution in [2.75, 3.05) is 31.3 Å². The molecule has 0 radical (unpaired) electrons. The zero-order valence-corrected chi connectivity index (χ0v) is 9.80. The van der Waals surface area contributed by atoms with Gasteiger partial charge in [-0.1, -0.05) is 0 Å². The molecule has 1 fully saturated rings. The first-order valence-corrected chi connectivity index (χ1v) is 5.61. The number of hydrogen-bond donors (Lipinski definition) is 1. The Labute approximate surface area is 100 Å². The van der Waals surface area contributed by atoms with E-state index in [0.29, 0.717) is 26.3 Å². The fourth-order valence-corrected chi connectivity index (χ4v) is 1.89. The van der Waals surface area contributed by atoms with E-state index in [1.54, 1.807) is 29.3 Å². The Balaban J connectivity index is 2.21. The van der Waals surface area contributed by atoms with Crippen molar-refractivity contribution in [3.05, 3.63) is 24.3 Å². The summed E-state index contributed by atoms with van der Waals surface area (Å²) in [4.78, 5) is 11.7. The van der Waals surface area contributed by atoms with E-state index < -0.39 is 0 Å². The highest BCUT2D eigenvalue weighted by atomic mass is 16.5. The van der Waals surface area contributed by atoms with E-state index in [4.69, 9.17) is 4.74 Å². The highest BCUT2D eigenvalue weighted by Crippen LogP contribution is 2.20. The average molecular weight is 236 g/mol. The van der Waals surface area contributed by atoms with E-state index in [0.717, 1.165) is 5.69 Å². The third-order valence-electron chi connectivity index (χ3n) is 2.66. The second-order valence-corrected chi connectivity index (χ2v) is 3.91. The SMILES string of the molecule is CC(=O)N(c1ccc(O)cc1)N1CCOCC1. The van der Waals surface area contributed by atoms with Gasteiger partial charge in [-0.05, 0) is 24.3 Å². The number of rotatable bonds is 2. The Morgan fingerprint density at radius 2 is 1.88 bits per heavy atom. The highest BCUT2D eigenvalue weighted by molar-refractivity contribution is 5.90. The predicted octanol–water partition coefficient (Wildman–Crippen LogP) is 0.992.